The minimum absolute atomic E-state index is 0. The van der Waals surface area contributed by atoms with E-state index in [9.17, 15) is 9.59 Å². The van der Waals surface area contributed by atoms with Gasteiger partial charge in [-0.05, 0) is 20.8 Å². The zero-order valence-electron chi connectivity index (χ0n) is 9.89. The molecule has 1 amide bonds. The van der Waals surface area contributed by atoms with Gasteiger partial charge in [-0.25, -0.2) is 0 Å². The van der Waals surface area contributed by atoms with Crippen LogP contribution in [0.15, 0.2) is 0 Å². The quantitative estimate of drug-likeness (QED) is 0.574. The van der Waals surface area contributed by atoms with Crippen LogP contribution in [-0.4, -0.2) is 18.7 Å². The molecule has 0 aliphatic rings. The van der Waals surface area contributed by atoms with Crippen molar-refractivity contribution in [3.8, 4) is 0 Å². The topological polar surface area (TPSA) is 81.7 Å². The van der Waals surface area contributed by atoms with Crippen molar-refractivity contribution in [2.24, 2.45) is 5.41 Å². The fourth-order valence-electron chi connectivity index (χ4n) is 0.160. The van der Waals surface area contributed by atoms with Crippen molar-refractivity contribution < 1.29 is 42.3 Å². The minimum atomic E-state index is -1.11. The minimum Gasteiger partial charge on any atom is -0.680 e. The molecule has 0 rings (SSSR count). The fraction of sp³-hybridized carbons (Fsp3) is 0.556. The Morgan fingerprint density at radius 1 is 1.07 bits per heavy atom. The molecule has 1 radical (unpaired) electrons. The van der Waals surface area contributed by atoms with E-state index >= 15 is 0 Å². The summed E-state index contributed by atoms with van der Waals surface area (Å²) in [5.74, 6) is -1.09. The Balaban J connectivity index is -0.0000000505. The molecule has 14 heavy (non-hydrogen) atoms. The van der Waals surface area contributed by atoms with Crippen LogP contribution in [0.4, 0.5) is 0 Å². The third-order valence-corrected chi connectivity index (χ3v) is 1.45. The van der Waals surface area contributed by atoms with Crippen LogP contribution in [0.2, 0.25) is 0 Å². The van der Waals surface area contributed by atoms with E-state index < -0.39 is 11.3 Å². The van der Waals surface area contributed by atoms with Crippen molar-refractivity contribution >= 4 is 11.7 Å². The Labute approximate surface area is 113 Å². The van der Waals surface area contributed by atoms with Gasteiger partial charge >= 0.3 is 0 Å². The molecule has 4 nitrogen and oxygen atoms in total. The van der Waals surface area contributed by atoms with Gasteiger partial charge in [0.1, 0.15) is 5.78 Å². The Morgan fingerprint density at radius 2 is 1.29 bits per heavy atom. The van der Waals surface area contributed by atoms with E-state index in [-0.39, 0.29) is 53.3 Å². The molecule has 0 aromatic carbocycles. The average Bonchev–Trinajstić information content (AvgIpc) is 1.91. The first kappa shape index (κ1) is 29.2. The third kappa shape index (κ3) is 10.3. The summed E-state index contributed by atoms with van der Waals surface area (Å²) in [7, 11) is 1.25. The van der Waals surface area contributed by atoms with Crippen molar-refractivity contribution in [3.63, 3.8) is 0 Å². The van der Waals surface area contributed by atoms with E-state index in [2.05, 4.69) is 0 Å². The van der Waals surface area contributed by atoms with Crippen molar-refractivity contribution in [2.75, 3.05) is 7.05 Å². The smallest absolute Gasteiger partial charge is 0.141 e. The number of hydrogen-bond donors (Lipinski definition) is 0. The van der Waals surface area contributed by atoms with Gasteiger partial charge in [-0.1, -0.05) is 0 Å². The molecule has 0 aromatic heterocycles. The fourth-order valence-corrected chi connectivity index (χ4v) is 0.160. The summed E-state index contributed by atoms with van der Waals surface area (Å²) >= 11 is 0. The molecule has 0 aromatic rings. The number of amides is 1. The van der Waals surface area contributed by atoms with Gasteiger partial charge in [0.2, 0.25) is 0 Å². The van der Waals surface area contributed by atoms with E-state index in [1.165, 1.54) is 27.8 Å². The van der Waals surface area contributed by atoms with Crippen LogP contribution in [0.3, 0.4) is 0 Å². The number of rotatable bonds is 2. The van der Waals surface area contributed by atoms with E-state index in [0.717, 1.165) is 0 Å². The molecule has 85 valence electrons. The van der Waals surface area contributed by atoms with Crippen LogP contribution >= 0.6 is 0 Å². The Bertz CT molecular complexity index is 143. The first-order chi connectivity index (χ1) is 4.89. The maximum Gasteiger partial charge on any atom is 0.141 e. The molecule has 0 saturated heterocycles. The maximum absolute atomic E-state index is 10.6. The van der Waals surface area contributed by atoms with E-state index in [0.29, 0.717) is 0 Å². The second-order valence-corrected chi connectivity index (χ2v) is 2.51. The van der Waals surface area contributed by atoms with Crippen molar-refractivity contribution in [1.29, 1.82) is 0 Å². The number of Topliss-reactive ketones (excluding diaryl/α,β-unsaturated/α-hetero) is 1. The zero-order chi connectivity index (χ0) is 9.65. The van der Waals surface area contributed by atoms with Gasteiger partial charge in [-0.2, -0.15) is 7.05 Å². The molecule has 0 aliphatic carbocycles. The molecule has 0 bridgehead atoms. The number of ketones is 1. The first-order valence-electron chi connectivity index (χ1n) is 3.16. The Morgan fingerprint density at radius 3 is 1.29 bits per heavy atom. The monoisotopic (exact) mass is 277 g/mol. The summed E-state index contributed by atoms with van der Waals surface area (Å²) in [6, 6.07) is 0. The van der Waals surface area contributed by atoms with Crippen LogP contribution < -0.4 is 0 Å². The normalized spacial score (nSPS) is 7.50. The van der Waals surface area contributed by atoms with Gasteiger partial charge in [0.25, 0.3) is 0 Å². The molecule has 0 fully saturated rings. The summed E-state index contributed by atoms with van der Waals surface area (Å²) in [6.07, 6.45) is 0. The standard InChI is InChI=1S/C6H11NO2.CH4N.2CH3.Y/c1-4(8)6(2,3)5(7)9;1-2;;;/h1-3H3,(H2,7,9);2H,1H3;2*1H3;/q;3*-1;/p-1. The Kier molecular flexibility index (Phi) is 27.6. The summed E-state index contributed by atoms with van der Waals surface area (Å²) in [5.41, 5.74) is 11.3. The van der Waals surface area contributed by atoms with Crippen LogP contribution in [0.1, 0.15) is 20.8 Å². The zero-order valence-corrected chi connectivity index (χ0v) is 12.7. The van der Waals surface area contributed by atoms with Gasteiger partial charge < -0.3 is 31.1 Å². The molecule has 0 unspecified atom stereocenters. The average molecular weight is 277 g/mol. The first-order valence-corrected chi connectivity index (χ1v) is 3.16. The number of nitrogens with one attached hydrogen (secondary N) is 2. The molecular formula is C9H20N2O2Y-4. The van der Waals surface area contributed by atoms with Crippen molar-refractivity contribution in [3.05, 3.63) is 26.3 Å². The maximum atomic E-state index is 10.6. The van der Waals surface area contributed by atoms with Crippen LogP contribution in [0, 0.1) is 20.3 Å². The second-order valence-electron chi connectivity index (χ2n) is 2.51. The number of hydrogen-bond acceptors (Lipinski definition) is 2. The molecule has 0 spiro atoms. The summed E-state index contributed by atoms with van der Waals surface area (Å²) in [6.45, 7) is 4.21. The molecule has 0 saturated carbocycles. The molecule has 0 atom stereocenters. The predicted molar refractivity (Wildman–Crippen MR) is 56.9 cm³/mol. The summed E-state index contributed by atoms with van der Waals surface area (Å²) in [4.78, 5) is 20.9. The molecule has 2 N–H and O–H groups in total. The molecule has 5 heteroatoms. The van der Waals surface area contributed by atoms with Gasteiger partial charge in [0, 0.05) is 32.7 Å². The molecular weight excluding hydrogens is 257 g/mol. The number of carbonyl (C=O) groups excluding carboxylic acids is 2. The predicted octanol–water partition coefficient (Wildman–Crippen LogP) is 2.75. The third-order valence-electron chi connectivity index (χ3n) is 1.45. The van der Waals surface area contributed by atoms with Crippen molar-refractivity contribution in [1.82, 2.24) is 0 Å². The number of carbonyl (C=O) groups is 2. The van der Waals surface area contributed by atoms with Gasteiger partial charge in [-0.3, -0.25) is 4.79 Å². The summed E-state index contributed by atoms with van der Waals surface area (Å²) in [5, 5.41) is 0. The van der Waals surface area contributed by atoms with Gasteiger partial charge in [0.05, 0.1) is 11.3 Å². The van der Waals surface area contributed by atoms with Crippen LogP contribution in [0.5, 0.6) is 0 Å². The second kappa shape index (κ2) is 13.2. The van der Waals surface area contributed by atoms with Gasteiger partial charge in [-0.15, -0.1) is 0 Å². The molecule has 0 heterocycles. The SMILES string of the molecule is CC(=O)C(C)(C)C([NH-])=O.C[NH-].[CH3-].[CH3-].[Y]. The van der Waals surface area contributed by atoms with E-state index in [1.54, 1.807) is 0 Å². The van der Waals surface area contributed by atoms with E-state index in [4.69, 9.17) is 11.5 Å². The Hall–Kier alpha value is 0.204. The molecule has 0 aliphatic heterocycles. The van der Waals surface area contributed by atoms with Crippen LogP contribution in [-0.2, 0) is 42.3 Å². The summed E-state index contributed by atoms with van der Waals surface area (Å²) < 4.78 is 0. The van der Waals surface area contributed by atoms with E-state index in [1.807, 2.05) is 0 Å². The van der Waals surface area contributed by atoms with Gasteiger partial charge in [0.15, 0.2) is 0 Å². The van der Waals surface area contributed by atoms with Crippen LogP contribution in [0.25, 0.3) is 11.5 Å². The largest absolute Gasteiger partial charge is 0.680 e. The van der Waals surface area contributed by atoms with Crippen molar-refractivity contribution in [2.45, 2.75) is 20.8 Å².